The topological polar surface area (TPSA) is 97.5 Å². The Balaban J connectivity index is 2.28. The van der Waals surface area contributed by atoms with Crippen molar-refractivity contribution in [2.24, 2.45) is 0 Å². The normalized spacial score (nSPS) is 11.8. The first-order chi connectivity index (χ1) is 9.99. The fourth-order valence-electron chi connectivity index (χ4n) is 1.81. The maximum absolute atomic E-state index is 12.3. The first-order valence-electron chi connectivity index (χ1n) is 5.93. The third-order valence-corrected chi connectivity index (χ3v) is 4.17. The molecule has 7 heteroatoms. The van der Waals surface area contributed by atoms with E-state index in [0.717, 1.165) is 0 Å². The molecular weight excluding hydrogens is 294 g/mol. The molecule has 108 valence electrons. The van der Waals surface area contributed by atoms with E-state index >= 15 is 0 Å². The Morgan fingerprint density at radius 1 is 1.19 bits per heavy atom. The van der Waals surface area contributed by atoms with Crippen LogP contribution >= 0.6 is 0 Å². The molecule has 0 bridgehead atoms. The number of nitrogens with zero attached hydrogens (tertiary/aromatic N) is 1. The molecule has 21 heavy (non-hydrogen) atoms. The van der Waals surface area contributed by atoms with Gasteiger partial charge < -0.3 is 5.11 Å². The lowest BCUT2D eigenvalue weighted by atomic mass is 10.2. The smallest absolute Gasteiger partial charge is 0.335 e. The lowest BCUT2D eigenvalue weighted by molar-refractivity contribution is -0.385. The highest BCUT2D eigenvalue weighted by atomic mass is 32.2. The second-order valence-electron chi connectivity index (χ2n) is 4.21. The van der Waals surface area contributed by atoms with E-state index in [1.54, 1.807) is 6.07 Å². The summed E-state index contributed by atoms with van der Waals surface area (Å²) in [5.74, 6) is -1.15. The van der Waals surface area contributed by atoms with Gasteiger partial charge in [-0.2, -0.15) is 0 Å². The molecule has 0 radical (unpaired) electrons. The summed E-state index contributed by atoms with van der Waals surface area (Å²) in [5.41, 5.74) is 0.283. The number of carboxylic acid groups (broad SMARTS) is 1. The minimum atomic E-state index is -1.56. The number of benzene rings is 2. The van der Waals surface area contributed by atoms with Crippen LogP contribution in [0.25, 0.3) is 0 Å². The molecule has 0 fully saturated rings. The number of nitro benzene ring substituents is 1. The molecule has 6 nitrogen and oxygen atoms in total. The van der Waals surface area contributed by atoms with Crippen LogP contribution in [0, 0.1) is 10.1 Å². The summed E-state index contributed by atoms with van der Waals surface area (Å²) in [5, 5.41) is 19.8. The van der Waals surface area contributed by atoms with Gasteiger partial charge in [-0.25, -0.2) is 4.79 Å². The molecule has 0 aliphatic heterocycles. The van der Waals surface area contributed by atoms with Crippen LogP contribution in [0.2, 0.25) is 0 Å². The van der Waals surface area contributed by atoms with Gasteiger partial charge >= 0.3 is 5.97 Å². The third kappa shape index (κ3) is 3.51. The number of para-hydroxylation sites is 1. The lowest BCUT2D eigenvalue weighted by Gasteiger charge is -2.04. The molecule has 0 aliphatic rings. The van der Waals surface area contributed by atoms with Crippen LogP contribution in [-0.4, -0.2) is 20.2 Å². The van der Waals surface area contributed by atoms with Crippen molar-refractivity contribution in [3.05, 3.63) is 69.8 Å². The minimum absolute atomic E-state index is 0.0309. The number of rotatable bonds is 5. The van der Waals surface area contributed by atoms with E-state index in [2.05, 4.69) is 0 Å². The van der Waals surface area contributed by atoms with Gasteiger partial charge in [0.2, 0.25) is 0 Å². The van der Waals surface area contributed by atoms with Crippen LogP contribution in [0.4, 0.5) is 5.69 Å². The first-order valence-corrected chi connectivity index (χ1v) is 7.25. The van der Waals surface area contributed by atoms with Crippen LogP contribution in [0.1, 0.15) is 15.9 Å². The van der Waals surface area contributed by atoms with E-state index in [9.17, 15) is 19.1 Å². The van der Waals surface area contributed by atoms with Crippen molar-refractivity contribution in [2.45, 2.75) is 10.6 Å². The van der Waals surface area contributed by atoms with Crippen LogP contribution in [0.15, 0.2) is 53.4 Å². The van der Waals surface area contributed by atoms with Gasteiger partial charge in [0.1, 0.15) is 0 Å². The van der Waals surface area contributed by atoms with Crippen molar-refractivity contribution in [3.63, 3.8) is 0 Å². The standard InChI is InChI=1S/C14H11NO5S/c16-14(17)10-5-3-6-12(8-10)21(20)9-11-4-1-2-7-13(11)15(18)19/h1-8H,9H2,(H,16,17). The fourth-order valence-corrected chi connectivity index (χ4v) is 2.99. The molecule has 0 aliphatic carbocycles. The van der Waals surface area contributed by atoms with Gasteiger partial charge in [0, 0.05) is 16.5 Å². The molecule has 2 rings (SSSR count). The molecule has 1 atom stereocenters. The maximum atomic E-state index is 12.3. The van der Waals surface area contributed by atoms with Crippen molar-refractivity contribution in [1.29, 1.82) is 0 Å². The van der Waals surface area contributed by atoms with E-state index in [1.807, 2.05) is 0 Å². The molecule has 0 saturated carbocycles. The molecule has 0 heterocycles. The quantitative estimate of drug-likeness (QED) is 0.676. The Hall–Kier alpha value is -2.54. The highest BCUT2D eigenvalue weighted by Gasteiger charge is 2.16. The molecule has 1 N–H and O–H groups in total. The highest BCUT2D eigenvalue weighted by molar-refractivity contribution is 7.84. The number of hydrogen-bond donors (Lipinski definition) is 1. The highest BCUT2D eigenvalue weighted by Crippen LogP contribution is 2.22. The summed E-state index contributed by atoms with van der Waals surface area (Å²) in [6, 6.07) is 11.8. The largest absolute Gasteiger partial charge is 0.478 e. The average molecular weight is 305 g/mol. The Labute approximate surface area is 122 Å². The molecule has 2 aromatic carbocycles. The molecule has 1 unspecified atom stereocenters. The van der Waals surface area contributed by atoms with Crippen molar-refractivity contribution >= 4 is 22.5 Å². The Morgan fingerprint density at radius 3 is 2.57 bits per heavy atom. The predicted octanol–water partition coefficient (Wildman–Crippen LogP) is 2.60. The van der Waals surface area contributed by atoms with Crippen LogP contribution in [-0.2, 0) is 16.6 Å². The molecule has 0 amide bonds. The zero-order valence-corrected chi connectivity index (χ0v) is 11.6. The van der Waals surface area contributed by atoms with Crippen LogP contribution < -0.4 is 0 Å². The average Bonchev–Trinajstić information content (AvgIpc) is 2.47. The van der Waals surface area contributed by atoms with E-state index in [0.29, 0.717) is 10.5 Å². The number of nitro groups is 1. The van der Waals surface area contributed by atoms with Crippen molar-refractivity contribution in [1.82, 2.24) is 0 Å². The van der Waals surface area contributed by atoms with Crippen molar-refractivity contribution < 1.29 is 19.0 Å². The lowest BCUT2D eigenvalue weighted by Crippen LogP contribution is -2.02. The van der Waals surface area contributed by atoms with Gasteiger partial charge in [-0.05, 0) is 18.2 Å². The summed E-state index contributed by atoms with van der Waals surface area (Å²) >= 11 is 0. The van der Waals surface area contributed by atoms with Gasteiger partial charge in [0.15, 0.2) is 0 Å². The summed E-state index contributed by atoms with van der Waals surface area (Å²) in [6.07, 6.45) is 0. The van der Waals surface area contributed by atoms with E-state index in [1.165, 1.54) is 42.5 Å². The van der Waals surface area contributed by atoms with Gasteiger partial charge in [0.05, 0.1) is 27.0 Å². The van der Waals surface area contributed by atoms with Crippen molar-refractivity contribution in [3.8, 4) is 0 Å². The van der Waals surface area contributed by atoms with Crippen molar-refractivity contribution in [2.75, 3.05) is 0 Å². The number of aromatic carboxylic acids is 1. The van der Waals surface area contributed by atoms with E-state index < -0.39 is 21.7 Å². The SMILES string of the molecule is O=C(O)c1cccc(S(=O)Cc2ccccc2[N+](=O)[O-])c1. The van der Waals surface area contributed by atoms with Crippen LogP contribution in [0.3, 0.4) is 0 Å². The maximum Gasteiger partial charge on any atom is 0.335 e. The summed E-state index contributed by atoms with van der Waals surface area (Å²) in [4.78, 5) is 21.6. The van der Waals surface area contributed by atoms with Gasteiger partial charge in [-0.15, -0.1) is 0 Å². The number of carbonyl (C=O) groups is 1. The molecule has 0 saturated heterocycles. The summed E-state index contributed by atoms with van der Waals surface area (Å²) in [6.45, 7) is 0. The Morgan fingerprint density at radius 2 is 1.90 bits per heavy atom. The summed E-state index contributed by atoms with van der Waals surface area (Å²) in [7, 11) is -1.56. The van der Waals surface area contributed by atoms with Crippen LogP contribution in [0.5, 0.6) is 0 Å². The Kier molecular flexibility index (Phi) is 4.44. The monoisotopic (exact) mass is 305 g/mol. The van der Waals surface area contributed by atoms with E-state index in [4.69, 9.17) is 5.11 Å². The third-order valence-electron chi connectivity index (χ3n) is 2.82. The van der Waals surface area contributed by atoms with E-state index in [-0.39, 0.29) is 17.0 Å². The summed E-state index contributed by atoms with van der Waals surface area (Å²) < 4.78 is 12.3. The zero-order valence-electron chi connectivity index (χ0n) is 10.8. The molecule has 0 spiro atoms. The first kappa shape index (κ1) is 14.9. The second kappa shape index (κ2) is 6.27. The molecule has 0 aromatic heterocycles. The fraction of sp³-hybridized carbons (Fsp3) is 0.0714. The molecule has 2 aromatic rings. The number of carboxylic acids is 1. The predicted molar refractivity (Wildman–Crippen MR) is 76.6 cm³/mol. The van der Waals surface area contributed by atoms with Gasteiger partial charge in [-0.1, -0.05) is 24.3 Å². The second-order valence-corrected chi connectivity index (χ2v) is 5.66. The number of hydrogen-bond acceptors (Lipinski definition) is 4. The Bertz CT molecular complexity index is 729. The zero-order chi connectivity index (χ0) is 15.4. The minimum Gasteiger partial charge on any atom is -0.478 e. The molecular formula is C14H11NO5S. The van der Waals surface area contributed by atoms with Gasteiger partial charge in [-0.3, -0.25) is 14.3 Å². The van der Waals surface area contributed by atoms with Gasteiger partial charge in [0.25, 0.3) is 5.69 Å².